The molecule has 1 amide bonds. The topological polar surface area (TPSA) is 36.6 Å². The second-order valence-corrected chi connectivity index (χ2v) is 6.48. The summed E-state index contributed by atoms with van der Waals surface area (Å²) in [4.78, 5) is 17.4. The van der Waals surface area contributed by atoms with Crippen molar-refractivity contribution in [2.45, 2.75) is 0 Å². The molecule has 2 aliphatic heterocycles. The lowest BCUT2D eigenvalue weighted by atomic mass is 9.92. The SMILES string of the molecule is O=C1c2ccccc2C2=Nc3sc4ccccc4[n+]3[B-](F)(F)N12. The molecule has 0 unspecified atom stereocenters. The second kappa shape index (κ2) is 4.02. The molecule has 0 radical (unpaired) electrons. The fraction of sp³-hybridized carbons (Fsp3) is 0. The Bertz CT molecular complexity index is 1050. The van der Waals surface area contributed by atoms with Gasteiger partial charge in [0, 0.05) is 5.56 Å². The van der Waals surface area contributed by atoms with Crippen LogP contribution in [0.5, 0.6) is 0 Å². The minimum atomic E-state index is -4.28. The van der Waals surface area contributed by atoms with Crippen LogP contribution in [0.15, 0.2) is 53.5 Å². The molecule has 0 aliphatic carbocycles. The summed E-state index contributed by atoms with van der Waals surface area (Å²) in [5, 5.41) is 0.215. The summed E-state index contributed by atoms with van der Waals surface area (Å²) in [5.74, 6) is -0.653. The van der Waals surface area contributed by atoms with Crippen LogP contribution in [0, 0.1) is 0 Å². The van der Waals surface area contributed by atoms with Crippen LogP contribution in [0.1, 0.15) is 15.9 Å². The first kappa shape index (κ1) is 12.9. The van der Waals surface area contributed by atoms with Crippen LogP contribution in [0.4, 0.5) is 13.8 Å². The van der Waals surface area contributed by atoms with E-state index < -0.39 is 12.9 Å². The molecular weight excluding hydrogens is 319 g/mol. The van der Waals surface area contributed by atoms with Gasteiger partial charge in [-0.1, -0.05) is 24.3 Å². The fourth-order valence-electron chi connectivity index (χ4n) is 3.20. The van der Waals surface area contributed by atoms with Gasteiger partial charge in [0.2, 0.25) is 11.7 Å². The fourth-order valence-corrected chi connectivity index (χ4v) is 4.27. The van der Waals surface area contributed by atoms with Gasteiger partial charge < -0.3 is 17.9 Å². The molecule has 0 saturated heterocycles. The maximum atomic E-state index is 15.2. The van der Waals surface area contributed by atoms with Gasteiger partial charge in [0.25, 0.3) is 0 Å². The first-order valence-electron chi connectivity index (χ1n) is 7.06. The molecule has 0 saturated carbocycles. The Kier molecular flexibility index (Phi) is 2.25. The third-order valence-electron chi connectivity index (χ3n) is 4.20. The number of halogens is 2. The van der Waals surface area contributed by atoms with Crippen LogP contribution in [-0.2, 0) is 0 Å². The molecule has 2 aromatic carbocycles. The number of aromatic nitrogens is 1. The van der Waals surface area contributed by atoms with Gasteiger partial charge in [-0.05, 0) is 40.6 Å². The van der Waals surface area contributed by atoms with Crippen LogP contribution >= 0.6 is 11.3 Å². The van der Waals surface area contributed by atoms with Crippen molar-refractivity contribution in [3.8, 4) is 0 Å². The number of hydrogen-bond acceptors (Lipinski definition) is 3. The molecule has 5 rings (SSSR count). The highest BCUT2D eigenvalue weighted by atomic mass is 32.1. The van der Waals surface area contributed by atoms with Crippen LogP contribution < -0.4 is 4.48 Å². The van der Waals surface area contributed by atoms with Gasteiger partial charge in [0.15, 0.2) is 0 Å². The van der Waals surface area contributed by atoms with Crippen molar-refractivity contribution in [3.63, 3.8) is 0 Å². The maximum absolute atomic E-state index is 15.2. The van der Waals surface area contributed by atoms with E-state index in [1.807, 2.05) is 0 Å². The second-order valence-electron chi connectivity index (χ2n) is 5.47. The van der Waals surface area contributed by atoms with E-state index in [4.69, 9.17) is 0 Å². The van der Waals surface area contributed by atoms with Crippen molar-refractivity contribution in [1.82, 2.24) is 4.81 Å². The highest BCUT2D eigenvalue weighted by Gasteiger charge is 2.57. The number of thiazole rings is 1. The lowest BCUT2D eigenvalue weighted by molar-refractivity contribution is -0.527. The van der Waals surface area contributed by atoms with Gasteiger partial charge in [-0.2, -0.15) is 0 Å². The predicted molar refractivity (Wildman–Crippen MR) is 84.2 cm³/mol. The first-order chi connectivity index (χ1) is 11.1. The van der Waals surface area contributed by atoms with E-state index in [9.17, 15) is 4.79 Å². The Hall–Kier alpha value is -2.61. The van der Waals surface area contributed by atoms with E-state index in [0.29, 0.717) is 15.9 Å². The van der Waals surface area contributed by atoms with Crippen molar-refractivity contribution >= 4 is 45.4 Å². The van der Waals surface area contributed by atoms with Gasteiger partial charge in [-0.15, -0.1) is 0 Å². The van der Waals surface area contributed by atoms with Crippen LogP contribution in [0.25, 0.3) is 10.2 Å². The quantitative estimate of drug-likeness (QED) is 0.585. The molecule has 2 aliphatic rings. The minimum absolute atomic E-state index is 0.0437. The lowest BCUT2D eigenvalue weighted by Gasteiger charge is -2.32. The Labute approximate surface area is 133 Å². The maximum Gasteiger partial charge on any atom is 0.645 e. The molecule has 0 bridgehead atoms. The molecule has 0 N–H and O–H groups in total. The van der Waals surface area contributed by atoms with E-state index in [-0.39, 0.29) is 16.5 Å². The van der Waals surface area contributed by atoms with Crippen LogP contribution in [-0.4, -0.2) is 23.5 Å². The summed E-state index contributed by atoms with van der Waals surface area (Å²) < 4.78 is 32.0. The zero-order valence-corrected chi connectivity index (χ0v) is 12.4. The largest absolute Gasteiger partial charge is 0.645 e. The summed E-state index contributed by atoms with van der Waals surface area (Å²) in [6, 6.07) is 13.5. The van der Waals surface area contributed by atoms with E-state index >= 15 is 8.63 Å². The molecule has 0 spiro atoms. The van der Waals surface area contributed by atoms with Gasteiger partial charge in [-0.3, -0.25) is 4.79 Å². The molecule has 4 nitrogen and oxygen atoms in total. The first-order valence-corrected chi connectivity index (χ1v) is 7.88. The number of hydrogen-bond donors (Lipinski definition) is 0. The third-order valence-corrected chi connectivity index (χ3v) is 5.24. The van der Waals surface area contributed by atoms with E-state index in [0.717, 1.165) is 9.18 Å². The molecule has 0 atom stereocenters. The predicted octanol–water partition coefficient (Wildman–Crippen LogP) is 2.96. The number of carbonyl (C=O) groups is 1. The average Bonchev–Trinajstić information content (AvgIpc) is 3.05. The number of rotatable bonds is 0. The Morgan fingerprint density at radius 2 is 1.74 bits per heavy atom. The van der Waals surface area contributed by atoms with Gasteiger partial charge >= 0.3 is 12.1 Å². The summed E-state index contributed by atoms with van der Waals surface area (Å²) >= 11 is 1.20. The van der Waals surface area contributed by atoms with Crippen molar-refractivity contribution in [3.05, 3.63) is 59.7 Å². The number of carbonyl (C=O) groups excluding carboxylic acids is 1. The van der Waals surface area contributed by atoms with E-state index in [2.05, 4.69) is 4.99 Å². The number of aliphatic imine (C=N–C) groups is 1. The smallest absolute Gasteiger partial charge is 0.414 e. The minimum Gasteiger partial charge on any atom is -0.414 e. The van der Waals surface area contributed by atoms with Crippen LogP contribution in [0.3, 0.4) is 0 Å². The number of para-hydroxylation sites is 1. The molecule has 3 heterocycles. The molecule has 112 valence electrons. The van der Waals surface area contributed by atoms with E-state index in [1.54, 1.807) is 48.5 Å². The summed E-state index contributed by atoms with van der Waals surface area (Å²) in [6.45, 7) is -4.28. The van der Waals surface area contributed by atoms with Gasteiger partial charge in [-0.25, -0.2) is 0 Å². The van der Waals surface area contributed by atoms with E-state index in [1.165, 1.54) is 11.3 Å². The number of amidine groups is 1. The van der Waals surface area contributed by atoms with Crippen LogP contribution in [0.2, 0.25) is 0 Å². The van der Waals surface area contributed by atoms with Crippen molar-refractivity contribution in [2.75, 3.05) is 0 Å². The summed E-state index contributed by atoms with van der Waals surface area (Å²) in [6.07, 6.45) is 0. The summed E-state index contributed by atoms with van der Waals surface area (Å²) in [5.41, 5.74) is 1.12. The number of fused-ring (bicyclic) bond motifs is 6. The monoisotopic (exact) mass is 327 g/mol. The lowest BCUT2D eigenvalue weighted by Crippen LogP contribution is -2.72. The number of nitrogens with zero attached hydrogens (tertiary/aromatic N) is 3. The molecule has 8 heteroatoms. The number of benzene rings is 2. The van der Waals surface area contributed by atoms with Crippen molar-refractivity contribution in [1.29, 1.82) is 0 Å². The van der Waals surface area contributed by atoms with Crippen molar-refractivity contribution in [2.24, 2.45) is 4.99 Å². The number of amides is 1. The Morgan fingerprint density at radius 3 is 2.57 bits per heavy atom. The average molecular weight is 327 g/mol. The highest BCUT2D eigenvalue weighted by Crippen LogP contribution is 2.38. The molecular formula is C15H8BF2N3OS. The Morgan fingerprint density at radius 1 is 1.04 bits per heavy atom. The molecule has 23 heavy (non-hydrogen) atoms. The molecule has 0 fully saturated rings. The van der Waals surface area contributed by atoms with Crippen molar-refractivity contribution < 1.29 is 17.9 Å². The zero-order chi connectivity index (χ0) is 15.8. The normalized spacial score (nSPS) is 17.7. The molecule has 1 aromatic heterocycles. The zero-order valence-electron chi connectivity index (χ0n) is 11.6. The van der Waals surface area contributed by atoms with Gasteiger partial charge in [0.1, 0.15) is 5.52 Å². The molecule has 3 aromatic rings. The highest BCUT2D eigenvalue weighted by molar-refractivity contribution is 7.21. The standard InChI is InChI=1S/C15H8BF2N3OS/c17-16(18)20-11-7-3-4-8-12(11)23-15(20)19-13-9-5-1-2-6-10(9)14(22)21(13)16/h1-8H. The Balaban J connectivity index is 1.88. The third kappa shape index (κ3) is 1.46. The van der Waals surface area contributed by atoms with Gasteiger partial charge in [0.05, 0.1) is 10.3 Å². The summed E-state index contributed by atoms with van der Waals surface area (Å²) in [7, 11) is 0.